The maximum Gasteiger partial charge on any atom is 0.139 e. The first-order chi connectivity index (χ1) is 20.9. The van der Waals surface area contributed by atoms with Gasteiger partial charge in [0.2, 0.25) is 0 Å². The van der Waals surface area contributed by atoms with Crippen molar-refractivity contribution in [3.63, 3.8) is 0 Å². The molecule has 8 aliphatic carbocycles. The van der Waals surface area contributed by atoms with Crippen LogP contribution in [0.4, 0.5) is 0 Å². The van der Waals surface area contributed by atoms with E-state index >= 15 is 0 Å². The largest absolute Gasteiger partial charge is 0.393 e. The van der Waals surface area contributed by atoms with E-state index in [1.807, 2.05) is 0 Å². The first-order valence-corrected chi connectivity index (χ1v) is 18.6. The Balaban J connectivity index is 0.892. The highest BCUT2D eigenvalue weighted by Crippen LogP contribution is 2.67. The van der Waals surface area contributed by atoms with Crippen LogP contribution < -0.4 is 0 Å². The van der Waals surface area contributed by atoms with Gasteiger partial charge in [0.25, 0.3) is 0 Å². The minimum Gasteiger partial charge on any atom is -0.393 e. The first kappa shape index (κ1) is 30.5. The molecular formula is C38H58O6. The Morgan fingerprint density at radius 1 is 0.545 bits per heavy atom. The number of fused-ring (bicyclic) bond motifs is 10. The highest BCUT2D eigenvalue weighted by Gasteiger charge is 2.64. The molecule has 0 heterocycles. The SMILES string of the molecule is C[C@]12CC[C@H](OO[C@H]3CC[C@@]4(C)C(CC(O)[C@@H]5[C@@H]4CC[C@]4(C)C(=O)CC[C@@H]54)C3)CC1CC(O)[C@@H]1[C@@H]2CC[C@]2(C)C(=O)CC[C@@H]12. The summed E-state index contributed by atoms with van der Waals surface area (Å²) in [5.74, 6) is 3.97. The van der Waals surface area contributed by atoms with Crippen LogP contribution in [0.3, 0.4) is 0 Å². The minimum absolute atomic E-state index is 0.0734. The van der Waals surface area contributed by atoms with Gasteiger partial charge in [-0.25, -0.2) is 9.78 Å². The van der Waals surface area contributed by atoms with E-state index in [1.165, 1.54) is 0 Å². The molecule has 246 valence electrons. The number of aliphatic hydroxyl groups excluding tert-OH is 2. The normalized spacial score (nSPS) is 58.3. The number of hydrogen-bond acceptors (Lipinski definition) is 6. The van der Waals surface area contributed by atoms with E-state index in [1.54, 1.807) is 0 Å². The maximum absolute atomic E-state index is 12.8. The molecule has 8 rings (SSSR count). The van der Waals surface area contributed by atoms with Crippen molar-refractivity contribution in [3.8, 4) is 0 Å². The van der Waals surface area contributed by atoms with Gasteiger partial charge in [0.15, 0.2) is 0 Å². The fraction of sp³-hybridized carbons (Fsp3) is 0.947. The zero-order valence-corrected chi connectivity index (χ0v) is 27.8. The number of ketones is 2. The average molecular weight is 611 g/mol. The van der Waals surface area contributed by atoms with Crippen LogP contribution in [0.5, 0.6) is 0 Å². The van der Waals surface area contributed by atoms with Crippen molar-refractivity contribution in [2.75, 3.05) is 0 Å². The standard InChI is InChI=1S/C38H58O6/c1-35-13-9-23(17-21(35)19-29(39)33-25-5-7-31(41)37(25,3)15-11-27(33)35)43-44-24-10-14-36(2)22(18-24)20-30(40)34-26-6-8-32(42)38(26,4)16-12-28(34)36/h21-30,33-34,39-40H,5-20H2,1-4H3/t21?,22?,23-,24-,25-,26-,27-,28-,29?,30?,33-,34-,35-,36-,37-,38-/m0/s1. The Morgan fingerprint density at radius 3 is 1.36 bits per heavy atom. The molecule has 0 aromatic heterocycles. The Hall–Kier alpha value is -0.820. The van der Waals surface area contributed by atoms with Gasteiger partial charge in [-0.3, -0.25) is 9.59 Å². The van der Waals surface area contributed by atoms with Crippen molar-refractivity contribution in [1.82, 2.24) is 0 Å². The van der Waals surface area contributed by atoms with Gasteiger partial charge in [-0.15, -0.1) is 0 Å². The molecule has 0 aliphatic heterocycles. The predicted octanol–water partition coefficient (Wildman–Crippen LogP) is 6.84. The smallest absolute Gasteiger partial charge is 0.139 e. The minimum atomic E-state index is -0.314. The van der Waals surface area contributed by atoms with Gasteiger partial charge < -0.3 is 10.2 Å². The second-order valence-electron chi connectivity index (χ2n) is 18.4. The molecule has 0 aromatic carbocycles. The van der Waals surface area contributed by atoms with Crippen molar-refractivity contribution in [2.24, 2.45) is 69.0 Å². The van der Waals surface area contributed by atoms with Gasteiger partial charge in [-0.2, -0.15) is 0 Å². The van der Waals surface area contributed by atoms with Crippen molar-refractivity contribution in [3.05, 3.63) is 0 Å². The summed E-state index contributed by atoms with van der Waals surface area (Å²) in [5.41, 5.74) is -0.00767. The van der Waals surface area contributed by atoms with Crippen LogP contribution >= 0.6 is 0 Å². The fourth-order valence-electron chi connectivity index (χ4n) is 14.2. The topological polar surface area (TPSA) is 93.1 Å². The summed E-state index contributed by atoms with van der Waals surface area (Å²) < 4.78 is 0. The quantitative estimate of drug-likeness (QED) is 0.269. The summed E-state index contributed by atoms with van der Waals surface area (Å²) >= 11 is 0. The van der Waals surface area contributed by atoms with E-state index in [4.69, 9.17) is 9.78 Å². The third-order valence-corrected chi connectivity index (χ3v) is 17.0. The molecule has 0 bridgehead atoms. The molecule has 0 aromatic rings. The number of Topliss-reactive ketones (excluding diaryl/α,β-unsaturated/α-hetero) is 2. The molecule has 0 amide bonds. The van der Waals surface area contributed by atoms with E-state index in [9.17, 15) is 19.8 Å². The Bertz CT molecular complexity index is 1100. The molecule has 8 fully saturated rings. The third-order valence-electron chi connectivity index (χ3n) is 17.0. The van der Waals surface area contributed by atoms with Gasteiger partial charge in [0.1, 0.15) is 11.6 Å². The molecule has 4 unspecified atom stereocenters. The van der Waals surface area contributed by atoms with Gasteiger partial charge in [0.05, 0.1) is 24.4 Å². The number of hydrogen-bond donors (Lipinski definition) is 2. The lowest BCUT2D eigenvalue weighted by Gasteiger charge is -2.61. The lowest BCUT2D eigenvalue weighted by atomic mass is 9.44. The van der Waals surface area contributed by atoms with Crippen molar-refractivity contribution < 1.29 is 29.6 Å². The van der Waals surface area contributed by atoms with Crippen LogP contribution in [0.1, 0.15) is 130 Å². The number of carbonyl (C=O) groups is 2. The van der Waals surface area contributed by atoms with Crippen molar-refractivity contribution >= 4 is 11.6 Å². The van der Waals surface area contributed by atoms with Crippen molar-refractivity contribution in [1.29, 1.82) is 0 Å². The molecule has 44 heavy (non-hydrogen) atoms. The molecule has 0 saturated heterocycles. The monoisotopic (exact) mass is 610 g/mol. The first-order valence-electron chi connectivity index (χ1n) is 18.6. The highest BCUT2D eigenvalue weighted by molar-refractivity contribution is 5.87. The van der Waals surface area contributed by atoms with Crippen LogP contribution in [-0.2, 0) is 19.4 Å². The second kappa shape index (κ2) is 10.3. The highest BCUT2D eigenvalue weighted by atomic mass is 17.2. The van der Waals surface area contributed by atoms with Gasteiger partial charge in [-0.1, -0.05) is 27.7 Å². The van der Waals surface area contributed by atoms with E-state index in [0.717, 1.165) is 89.9 Å². The Kier molecular flexibility index (Phi) is 7.17. The summed E-state index contributed by atoms with van der Waals surface area (Å²) in [6.45, 7) is 9.34. The molecule has 0 spiro atoms. The maximum atomic E-state index is 12.8. The van der Waals surface area contributed by atoms with Crippen LogP contribution in [0.2, 0.25) is 0 Å². The summed E-state index contributed by atoms with van der Waals surface area (Å²) in [7, 11) is 0. The third kappa shape index (κ3) is 4.18. The molecule has 6 heteroatoms. The summed E-state index contributed by atoms with van der Waals surface area (Å²) in [4.78, 5) is 38.2. The second-order valence-corrected chi connectivity index (χ2v) is 18.4. The van der Waals surface area contributed by atoms with Gasteiger partial charge >= 0.3 is 0 Å². The Morgan fingerprint density at radius 2 is 0.955 bits per heavy atom. The number of carbonyl (C=O) groups excluding carboxylic acids is 2. The van der Waals surface area contributed by atoms with Crippen LogP contribution in [0.15, 0.2) is 0 Å². The van der Waals surface area contributed by atoms with Crippen molar-refractivity contribution in [2.45, 2.75) is 155 Å². The van der Waals surface area contributed by atoms with E-state index in [0.29, 0.717) is 59.9 Å². The van der Waals surface area contributed by atoms with Crippen LogP contribution in [0.25, 0.3) is 0 Å². The Labute approximate surface area is 264 Å². The van der Waals surface area contributed by atoms with Gasteiger partial charge in [-0.05, 0) is 148 Å². The van der Waals surface area contributed by atoms with E-state index < -0.39 is 0 Å². The lowest BCUT2D eigenvalue weighted by molar-refractivity contribution is -0.371. The summed E-state index contributed by atoms with van der Waals surface area (Å²) in [6, 6.07) is 0. The molecular weight excluding hydrogens is 552 g/mol. The fourth-order valence-corrected chi connectivity index (χ4v) is 14.2. The molecule has 6 nitrogen and oxygen atoms in total. The zero-order chi connectivity index (χ0) is 30.8. The molecule has 0 radical (unpaired) electrons. The predicted molar refractivity (Wildman–Crippen MR) is 166 cm³/mol. The summed E-state index contributed by atoms with van der Waals surface area (Å²) in [5, 5.41) is 23.0. The molecule has 8 saturated carbocycles. The molecule has 16 atom stereocenters. The molecule has 2 N–H and O–H groups in total. The number of aliphatic hydroxyl groups is 2. The van der Waals surface area contributed by atoms with Crippen LogP contribution in [-0.4, -0.2) is 46.2 Å². The average Bonchev–Trinajstić information content (AvgIpc) is 3.47. The summed E-state index contributed by atoms with van der Waals surface area (Å²) in [6.07, 6.45) is 14.8. The zero-order valence-electron chi connectivity index (χ0n) is 27.8. The van der Waals surface area contributed by atoms with E-state index in [-0.39, 0.29) is 57.9 Å². The molecule has 8 aliphatic rings. The number of rotatable bonds is 3. The van der Waals surface area contributed by atoms with E-state index in [2.05, 4.69) is 27.7 Å². The lowest BCUT2D eigenvalue weighted by Crippen LogP contribution is -2.59. The van der Waals surface area contributed by atoms with Gasteiger partial charge in [0, 0.05) is 23.7 Å². The van der Waals surface area contributed by atoms with Crippen LogP contribution in [0, 0.1) is 69.0 Å².